The van der Waals surface area contributed by atoms with Gasteiger partial charge in [-0.3, -0.25) is 0 Å². The van der Waals surface area contributed by atoms with Crippen molar-refractivity contribution in [2.24, 2.45) is 0 Å². The van der Waals surface area contributed by atoms with Crippen LogP contribution in [0.3, 0.4) is 0 Å². The van der Waals surface area contributed by atoms with Crippen molar-refractivity contribution in [3.05, 3.63) is 54.1 Å². The first kappa shape index (κ1) is 19.2. The summed E-state index contributed by atoms with van der Waals surface area (Å²) in [6.45, 7) is 3.01. The van der Waals surface area contributed by atoms with Gasteiger partial charge in [0.2, 0.25) is 0 Å². The standard InChI is InChI=1S/C21H25N3SSe/c1-3-4-7-14-25-21-23-19-9-6-5-8-18(19)20(24-21)22-15-16-10-12-17(26-2)13-11-16/h5-6,8-13H,3-4,7,14-15H2,1-2H3,(H,22,23,24). The van der Waals surface area contributed by atoms with Crippen LogP contribution in [0.15, 0.2) is 53.7 Å². The summed E-state index contributed by atoms with van der Waals surface area (Å²) >= 11 is 2.31. The van der Waals surface area contributed by atoms with E-state index >= 15 is 0 Å². The van der Waals surface area contributed by atoms with E-state index in [0.29, 0.717) is 15.0 Å². The molecule has 0 aliphatic rings. The van der Waals surface area contributed by atoms with Crippen LogP contribution in [0, 0.1) is 0 Å². The quantitative estimate of drug-likeness (QED) is 0.227. The molecule has 0 aliphatic carbocycles. The van der Waals surface area contributed by atoms with E-state index in [0.717, 1.165) is 34.2 Å². The van der Waals surface area contributed by atoms with Crippen LogP contribution in [0.1, 0.15) is 31.7 Å². The van der Waals surface area contributed by atoms with Gasteiger partial charge in [-0.2, -0.15) is 0 Å². The molecular weight excluding hydrogens is 405 g/mol. The molecule has 1 N–H and O–H groups in total. The van der Waals surface area contributed by atoms with Crippen molar-refractivity contribution in [1.82, 2.24) is 9.97 Å². The molecular formula is C21H25N3SSe. The Labute approximate surface area is 166 Å². The third-order valence-corrected chi connectivity index (χ3v) is 6.67. The molecule has 0 fully saturated rings. The van der Waals surface area contributed by atoms with Crippen molar-refractivity contribution in [2.45, 2.75) is 43.7 Å². The molecule has 3 aromatic rings. The van der Waals surface area contributed by atoms with E-state index < -0.39 is 0 Å². The number of benzene rings is 2. The minimum atomic E-state index is 0.554. The van der Waals surface area contributed by atoms with Gasteiger partial charge in [-0.25, -0.2) is 0 Å². The first-order valence-electron chi connectivity index (χ1n) is 9.06. The van der Waals surface area contributed by atoms with Crippen LogP contribution < -0.4 is 9.78 Å². The number of unbranched alkanes of at least 4 members (excludes halogenated alkanes) is 2. The number of nitrogens with one attached hydrogen (secondary N) is 1. The van der Waals surface area contributed by atoms with Crippen molar-refractivity contribution in [3.8, 4) is 0 Å². The molecule has 3 nitrogen and oxygen atoms in total. The number of thioether (sulfide) groups is 1. The molecule has 3 rings (SSSR count). The zero-order valence-corrected chi connectivity index (χ0v) is 17.9. The van der Waals surface area contributed by atoms with Crippen LogP contribution in [0.4, 0.5) is 5.82 Å². The first-order valence-corrected chi connectivity index (χ1v) is 12.6. The summed E-state index contributed by atoms with van der Waals surface area (Å²) in [6.07, 6.45) is 3.72. The van der Waals surface area contributed by atoms with E-state index in [1.54, 1.807) is 11.8 Å². The molecule has 0 atom stereocenters. The Bertz CT molecular complexity index is 836. The molecule has 0 saturated heterocycles. The van der Waals surface area contributed by atoms with Gasteiger partial charge in [0.25, 0.3) is 0 Å². The fourth-order valence-electron chi connectivity index (χ4n) is 2.70. The molecule has 136 valence electrons. The molecule has 1 heterocycles. The Morgan fingerprint density at radius 2 is 1.81 bits per heavy atom. The minimum absolute atomic E-state index is 0.554. The topological polar surface area (TPSA) is 37.8 Å². The van der Waals surface area contributed by atoms with Gasteiger partial charge in [-0.1, -0.05) is 19.8 Å². The summed E-state index contributed by atoms with van der Waals surface area (Å²) in [5, 5.41) is 5.47. The van der Waals surface area contributed by atoms with Gasteiger partial charge in [-0.05, 0) is 0 Å². The summed E-state index contributed by atoms with van der Waals surface area (Å²) < 4.78 is 1.43. The average molecular weight is 430 g/mol. The zero-order valence-electron chi connectivity index (χ0n) is 15.4. The molecule has 2 aromatic carbocycles. The summed E-state index contributed by atoms with van der Waals surface area (Å²) in [4.78, 5) is 9.52. The molecule has 0 unspecified atom stereocenters. The second-order valence-corrected chi connectivity index (χ2v) is 9.04. The van der Waals surface area contributed by atoms with E-state index in [4.69, 9.17) is 9.97 Å². The van der Waals surface area contributed by atoms with Crippen LogP contribution in [0.2, 0.25) is 5.82 Å². The summed E-state index contributed by atoms with van der Waals surface area (Å²) in [5.74, 6) is 4.25. The monoisotopic (exact) mass is 431 g/mol. The summed E-state index contributed by atoms with van der Waals surface area (Å²) in [6, 6.07) is 17.1. The van der Waals surface area contributed by atoms with Crippen molar-refractivity contribution >= 4 is 47.9 Å². The van der Waals surface area contributed by atoms with Crippen LogP contribution in [-0.4, -0.2) is 30.7 Å². The molecule has 0 amide bonds. The number of para-hydroxylation sites is 1. The Kier molecular flexibility index (Phi) is 7.36. The number of hydrogen-bond donors (Lipinski definition) is 1. The van der Waals surface area contributed by atoms with Crippen molar-refractivity contribution in [2.75, 3.05) is 11.1 Å². The Balaban J connectivity index is 1.76. The SMILES string of the molecule is CCCCCSc1nc(NCc2ccc([Se]C)cc2)c2ccccc2n1. The molecule has 0 bridgehead atoms. The fourth-order valence-corrected chi connectivity index (χ4v) is 4.41. The third-order valence-electron chi connectivity index (χ3n) is 4.18. The Hall–Kier alpha value is -1.55. The molecule has 0 spiro atoms. The zero-order chi connectivity index (χ0) is 18.2. The van der Waals surface area contributed by atoms with Crippen LogP contribution >= 0.6 is 11.8 Å². The van der Waals surface area contributed by atoms with Crippen molar-refractivity contribution in [1.29, 1.82) is 0 Å². The maximum absolute atomic E-state index is 4.79. The summed E-state index contributed by atoms with van der Waals surface area (Å²) in [7, 11) is 0. The first-order chi connectivity index (χ1) is 12.8. The maximum atomic E-state index is 4.79. The summed E-state index contributed by atoms with van der Waals surface area (Å²) in [5.41, 5.74) is 2.28. The average Bonchev–Trinajstić information content (AvgIpc) is 2.70. The third kappa shape index (κ3) is 5.23. The molecule has 5 heteroatoms. The number of rotatable bonds is 9. The fraction of sp³-hybridized carbons (Fsp3) is 0.333. The second-order valence-electron chi connectivity index (χ2n) is 6.13. The van der Waals surface area contributed by atoms with Crippen LogP contribution in [0.25, 0.3) is 10.9 Å². The van der Waals surface area contributed by atoms with E-state index in [1.165, 1.54) is 29.3 Å². The van der Waals surface area contributed by atoms with Gasteiger partial charge in [0.1, 0.15) is 0 Å². The molecule has 0 aliphatic heterocycles. The van der Waals surface area contributed by atoms with E-state index in [9.17, 15) is 0 Å². The van der Waals surface area contributed by atoms with Crippen LogP contribution in [-0.2, 0) is 6.54 Å². The van der Waals surface area contributed by atoms with Gasteiger partial charge in [0.15, 0.2) is 0 Å². The Morgan fingerprint density at radius 3 is 2.58 bits per heavy atom. The second kappa shape index (κ2) is 9.96. The van der Waals surface area contributed by atoms with Crippen molar-refractivity contribution < 1.29 is 0 Å². The number of nitrogens with zero attached hydrogens (tertiary/aromatic N) is 2. The van der Waals surface area contributed by atoms with E-state index in [1.807, 2.05) is 12.1 Å². The number of hydrogen-bond acceptors (Lipinski definition) is 4. The number of aromatic nitrogens is 2. The van der Waals surface area contributed by atoms with Crippen molar-refractivity contribution in [3.63, 3.8) is 0 Å². The Morgan fingerprint density at radius 1 is 1.00 bits per heavy atom. The van der Waals surface area contributed by atoms with E-state index in [2.05, 4.69) is 54.5 Å². The van der Waals surface area contributed by atoms with Gasteiger partial charge in [-0.15, -0.1) is 0 Å². The van der Waals surface area contributed by atoms with E-state index in [-0.39, 0.29) is 0 Å². The van der Waals surface area contributed by atoms with Gasteiger partial charge in [0, 0.05) is 0 Å². The molecule has 26 heavy (non-hydrogen) atoms. The number of anilines is 1. The van der Waals surface area contributed by atoms with Gasteiger partial charge < -0.3 is 0 Å². The molecule has 0 radical (unpaired) electrons. The predicted octanol–water partition coefficient (Wildman–Crippen LogP) is 4.90. The molecule has 0 saturated carbocycles. The van der Waals surface area contributed by atoms with Gasteiger partial charge in [0.05, 0.1) is 0 Å². The normalized spacial score (nSPS) is 11.0. The van der Waals surface area contributed by atoms with Crippen LogP contribution in [0.5, 0.6) is 0 Å². The van der Waals surface area contributed by atoms with Gasteiger partial charge >= 0.3 is 147 Å². The molecule has 1 aromatic heterocycles. The predicted molar refractivity (Wildman–Crippen MR) is 115 cm³/mol. The number of fused-ring (bicyclic) bond motifs is 1.